The van der Waals surface area contributed by atoms with Crippen molar-refractivity contribution in [2.45, 2.75) is 34.1 Å². The van der Waals surface area contributed by atoms with Crippen LogP contribution in [0.25, 0.3) is 0 Å². The quantitative estimate of drug-likeness (QED) is 0.621. The van der Waals surface area contributed by atoms with E-state index in [9.17, 15) is 0 Å². The molecular weight excluding hydrogens is 172 g/mol. The lowest BCUT2D eigenvalue weighted by molar-refractivity contribution is 0.189. The van der Waals surface area contributed by atoms with Gasteiger partial charge in [-0.25, -0.2) is 0 Å². The zero-order chi connectivity index (χ0) is 10.6. The molecule has 2 N–H and O–H groups in total. The van der Waals surface area contributed by atoms with Gasteiger partial charge in [0.05, 0.1) is 0 Å². The second-order valence-corrected chi connectivity index (χ2v) is 4.97. The van der Waals surface area contributed by atoms with Crippen molar-refractivity contribution in [3.8, 4) is 0 Å². The van der Waals surface area contributed by atoms with Gasteiger partial charge in [-0.05, 0) is 49.9 Å². The van der Waals surface area contributed by atoms with Crippen LogP contribution in [0.3, 0.4) is 0 Å². The van der Waals surface area contributed by atoms with Crippen LogP contribution in [0.5, 0.6) is 0 Å². The first-order valence-corrected chi connectivity index (χ1v) is 6.11. The summed E-state index contributed by atoms with van der Waals surface area (Å²) in [5.41, 5.74) is 0.539. The molecule has 2 nitrogen and oxygen atoms in total. The van der Waals surface area contributed by atoms with Crippen LogP contribution < -0.4 is 10.6 Å². The molecule has 2 atom stereocenters. The molecule has 0 aromatic heterocycles. The first kappa shape index (κ1) is 12.0. The minimum Gasteiger partial charge on any atom is -0.316 e. The number of rotatable bonds is 0. The minimum atomic E-state index is 0.539. The molecule has 0 saturated carbocycles. The number of hydrogen-bond donors (Lipinski definition) is 2. The predicted octanol–water partition coefficient (Wildman–Crippen LogP) is 1.87. The lowest BCUT2D eigenvalue weighted by Crippen LogP contribution is -2.30. The van der Waals surface area contributed by atoms with Crippen molar-refractivity contribution in [2.75, 3.05) is 26.2 Å². The number of fused-ring (bicyclic) bond motifs is 1. The third kappa shape index (κ3) is 2.48. The van der Waals surface area contributed by atoms with Crippen molar-refractivity contribution >= 4 is 0 Å². The van der Waals surface area contributed by atoms with E-state index in [0.29, 0.717) is 5.41 Å². The summed E-state index contributed by atoms with van der Waals surface area (Å²) >= 11 is 0. The van der Waals surface area contributed by atoms with Crippen molar-refractivity contribution < 1.29 is 0 Å². The van der Waals surface area contributed by atoms with Crippen LogP contribution in [0.4, 0.5) is 0 Å². The second-order valence-electron chi connectivity index (χ2n) is 4.97. The van der Waals surface area contributed by atoms with Crippen molar-refractivity contribution in [3.63, 3.8) is 0 Å². The van der Waals surface area contributed by atoms with Gasteiger partial charge in [-0.3, -0.25) is 0 Å². The predicted molar refractivity (Wildman–Crippen MR) is 62.5 cm³/mol. The van der Waals surface area contributed by atoms with Crippen LogP contribution in [0.1, 0.15) is 34.1 Å². The van der Waals surface area contributed by atoms with Gasteiger partial charge >= 0.3 is 0 Å². The fourth-order valence-corrected chi connectivity index (χ4v) is 2.75. The van der Waals surface area contributed by atoms with Gasteiger partial charge in [-0.15, -0.1) is 0 Å². The molecule has 0 spiro atoms. The highest BCUT2D eigenvalue weighted by atomic mass is 15.0. The molecule has 0 amide bonds. The summed E-state index contributed by atoms with van der Waals surface area (Å²) in [5.74, 6) is 1.77. The Kier molecular flexibility index (Phi) is 4.39. The van der Waals surface area contributed by atoms with Crippen LogP contribution in [0.2, 0.25) is 0 Å². The van der Waals surface area contributed by atoms with Crippen LogP contribution in [0.15, 0.2) is 0 Å². The molecule has 2 fully saturated rings. The molecule has 0 aromatic carbocycles. The summed E-state index contributed by atoms with van der Waals surface area (Å²) in [4.78, 5) is 0. The number of nitrogens with one attached hydrogen (secondary N) is 2. The van der Waals surface area contributed by atoms with E-state index in [1.54, 1.807) is 0 Å². The molecule has 2 aliphatic heterocycles. The van der Waals surface area contributed by atoms with Crippen LogP contribution >= 0.6 is 0 Å². The molecule has 0 aliphatic carbocycles. The van der Waals surface area contributed by atoms with Crippen molar-refractivity contribution in [3.05, 3.63) is 0 Å². The lowest BCUT2D eigenvalue weighted by Gasteiger charge is -2.32. The van der Waals surface area contributed by atoms with Crippen molar-refractivity contribution in [1.29, 1.82) is 0 Å². The summed E-state index contributed by atoms with van der Waals surface area (Å²) in [5, 5.41) is 7.04. The largest absolute Gasteiger partial charge is 0.316 e. The summed E-state index contributed by atoms with van der Waals surface area (Å²) in [6.45, 7) is 13.7. The Morgan fingerprint density at radius 2 is 1.64 bits per heavy atom. The molecule has 84 valence electrons. The second kappa shape index (κ2) is 5.13. The molecular formula is C12H26N2. The summed E-state index contributed by atoms with van der Waals surface area (Å²) < 4.78 is 0. The molecule has 2 heterocycles. The Bertz CT molecular complexity index is 166. The maximum Gasteiger partial charge on any atom is -0.000491 e. The van der Waals surface area contributed by atoms with Gasteiger partial charge in [-0.2, -0.15) is 0 Å². The van der Waals surface area contributed by atoms with Crippen molar-refractivity contribution in [1.82, 2.24) is 10.6 Å². The molecule has 2 aliphatic rings. The summed E-state index contributed by atoms with van der Waals surface area (Å²) in [6.07, 6.45) is 1.33. The summed E-state index contributed by atoms with van der Waals surface area (Å²) in [7, 11) is 0. The van der Waals surface area contributed by atoms with Gasteiger partial charge in [0.2, 0.25) is 0 Å². The van der Waals surface area contributed by atoms with E-state index in [4.69, 9.17) is 0 Å². The SMILES string of the molecule is CC.CC1(C)CCNCC2CNCC21. The standard InChI is InChI=1S/C10H20N2.C2H6/c1-10(2)3-4-11-5-8-6-12-7-9(8)10;1-2/h8-9,11-12H,3-7H2,1-2H3;1-2H3. The molecule has 2 saturated heterocycles. The Balaban J connectivity index is 0.000000461. The van der Waals surface area contributed by atoms with Gasteiger partial charge in [0.25, 0.3) is 0 Å². The van der Waals surface area contributed by atoms with Gasteiger partial charge in [0.15, 0.2) is 0 Å². The van der Waals surface area contributed by atoms with Gasteiger partial charge < -0.3 is 10.6 Å². The highest BCUT2D eigenvalue weighted by Crippen LogP contribution is 2.38. The zero-order valence-electron chi connectivity index (χ0n) is 10.2. The molecule has 14 heavy (non-hydrogen) atoms. The third-order valence-electron chi connectivity index (χ3n) is 3.70. The molecule has 0 radical (unpaired) electrons. The normalized spacial score (nSPS) is 35.1. The first-order chi connectivity index (χ1) is 6.70. The third-order valence-corrected chi connectivity index (χ3v) is 3.70. The van der Waals surface area contributed by atoms with Crippen LogP contribution in [0, 0.1) is 17.3 Å². The minimum absolute atomic E-state index is 0.539. The van der Waals surface area contributed by atoms with Crippen LogP contribution in [-0.4, -0.2) is 26.2 Å². The van der Waals surface area contributed by atoms with E-state index < -0.39 is 0 Å². The van der Waals surface area contributed by atoms with E-state index in [2.05, 4.69) is 24.5 Å². The average molecular weight is 198 g/mol. The average Bonchev–Trinajstić information content (AvgIpc) is 2.60. The van der Waals surface area contributed by atoms with E-state index in [0.717, 1.165) is 11.8 Å². The van der Waals surface area contributed by atoms with Gasteiger partial charge in [-0.1, -0.05) is 27.7 Å². The van der Waals surface area contributed by atoms with E-state index >= 15 is 0 Å². The Morgan fingerprint density at radius 3 is 2.36 bits per heavy atom. The van der Waals surface area contributed by atoms with E-state index in [1.807, 2.05) is 13.8 Å². The summed E-state index contributed by atoms with van der Waals surface area (Å²) in [6, 6.07) is 0. The molecule has 2 heteroatoms. The first-order valence-electron chi connectivity index (χ1n) is 6.11. The molecule has 2 unspecified atom stereocenters. The Hall–Kier alpha value is -0.0800. The fourth-order valence-electron chi connectivity index (χ4n) is 2.75. The van der Waals surface area contributed by atoms with E-state index in [-0.39, 0.29) is 0 Å². The maximum atomic E-state index is 3.53. The maximum absolute atomic E-state index is 3.53. The lowest BCUT2D eigenvalue weighted by atomic mass is 9.72. The van der Waals surface area contributed by atoms with Gasteiger partial charge in [0, 0.05) is 0 Å². The van der Waals surface area contributed by atoms with Crippen LogP contribution in [-0.2, 0) is 0 Å². The van der Waals surface area contributed by atoms with Crippen molar-refractivity contribution in [2.24, 2.45) is 17.3 Å². The molecule has 2 rings (SSSR count). The topological polar surface area (TPSA) is 24.1 Å². The highest BCUT2D eigenvalue weighted by Gasteiger charge is 2.39. The Morgan fingerprint density at radius 1 is 1.00 bits per heavy atom. The van der Waals surface area contributed by atoms with Gasteiger partial charge in [0.1, 0.15) is 0 Å². The molecule has 0 aromatic rings. The van der Waals surface area contributed by atoms with E-state index in [1.165, 1.54) is 32.6 Å². The monoisotopic (exact) mass is 198 g/mol. The smallest absolute Gasteiger partial charge is 0.000491 e. The molecule has 0 bridgehead atoms. The Labute approximate surface area is 88.8 Å². The highest BCUT2D eigenvalue weighted by molar-refractivity contribution is 4.93. The fraction of sp³-hybridized carbons (Fsp3) is 1.00. The number of hydrogen-bond acceptors (Lipinski definition) is 2. The zero-order valence-corrected chi connectivity index (χ0v) is 10.2.